The molecule has 0 saturated heterocycles. The standard InChI is InChI=1S/C11H11F5O/c1-6(2)9(8-5-4-7(3)17-8)10(12,13)11(14,15)16/h4-5H,1-3H3. The van der Waals surface area contributed by atoms with Crippen molar-refractivity contribution in [3.8, 4) is 0 Å². The van der Waals surface area contributed by atoms with Gasteiger partial charge < -0.3 is 4.42 Å². The molecular formula is C11H11F5O. The third-order valence-electron chi connectivity index (χ3n) is 2.16. The zero-order chi connectivity index (χ0) is 13.4. The largest absolute Gasteiger partial charge is 0.462 e. The SMILES string of the molecule is CC(C)=C(c1ccc(C)o1)C(F)(F)C(F)(F)F. The zero-order valence-corrected chi connectivity index (χ0v) is 9.45. The normalized spacial score (nSPS) is 12.7. The molecule has 0 aliphatic carbocycles. The Hall–Kier alpha value is -1.33. The second kappa shape index (κ2) is 4.16. The van der Waals surface area contributed by atoms with Crippen molar-refractivity contribution in [2.24, 2.45) is 0 Å². The molecule has 1 aromatic heterocycles. The first kappa shape index (κ1) is 13.7. The van der Waals surface area contributed by atoms with E-state index < -0.39 is 23.4 Å². The van der Waals surface area contributed by atoms with Crippen molar-refractivity contribution in [3.05, 3.63) is 29.2 Å². The predicted molar refractivity (Wildman–Crippen MR) is 52.7 cm³/mol. The van der Waals surface area contributed by atoms with Gasteiger partial charge in [0.2, 0.25) is 0 Å². The number of hydrogen-bond acceptors (Lipinski definition) is 1. The second-order valence-electron chi connectivity index (χ2n) is 3.86. The van der Waals surface area contributed by atoms with E-state index in [1.165, 1.54) is 26.8 Å². The Kier molecular flexibility index (Phi) is 3.36. The highest BCUT2D eigenvalue weighted by molar-refractivity contribution is 5.70. The average Bonchev–Trinajstić information content (AvgIpc) is 2.48. The van der Waals surface area contributed by atoms with E-state index in [-0.39, 0.29) is 11.3 Å². The van der Waals surface area contributed by atoms with Crippen molar-refractivity contribution >= 4 is 5.57 Å². The molecule has 0 aromatic carbocycles. The maximum Gasteiger partial charge on any atom is 0.458 e. The van der Waals surface area contributed by atoms with Gasteiger partial charge in [0, 0.05) is 0 Å². The monoisotopic (exact) mass is 254 g/mol. The Morgan fingerprint density at radius 1 is 1.06 bits per heavy atom. The van der Waals surface area contributed by atoms with E-state index in [9.17, 15) is 22.0 Å². The van der Waals surface area contributed by atoms with Gasteiger partial charge in [-0.1, -0.05) is 5.57 Å². The molecule has 96 valence electrons. The van der Waals surface area contributed by atoms with E-state index in [2.05, 4.69) is 0 Å². The lowest BCUT2D eigenvalue weighted by atomic mass is 10.0. The van der Waals surface area contributed by atoms with Crippen molar-refractivity contribution in [2.45, 2.75) is 32.9 Å². The van der Waals surface area contributed by atoms with Crippen LogP contribution in [0.5, 0.6) is 0 Å². The van der Waals surface area contributed by atoms with Gasteiger partial charge in [0.15, 0.2) is 0 Å². The van der Waals surface area contributed by atoms with Crippen molar-refractivity contribution < 1.29 is 26.4 Å². The molecule has 0 bridgehead atoms. The minimum atomic E-state index is -5.64. The number of aryl methyl sites for hydroxylation is 1. The molecule has 0 radical (unpaired) electrons. The van der Waals surface area contributed by atoms with E-state index in [1.54, 1.807) is 0 Å². The highest BCUT2D eigenvalue weighted by Crippen LogP contribution is 2.46. The van der Waals surface area contributed by atoms with Gasteiger partial charge in [-0.15, -0.1) is 0 Å². The Bertz CT molecular complexity index is 435. The van der Waals surface area contributed by atoms with Crippen LogP contribution in [0.15, 0.2) is 22.1 Å². The second-order valence-corrected chi connectivity index (χ2v) is 3.86. The molecule has 1 nitrogen and oxygen atoms in total. The first-order valence-corrected chi connectivity index (χ1v) is 4.76. The molecule has 0 atom stereocenters. The molecule has 0 aliphatic heterocycles. The number of hydrogen-bond donors (Lipinski definition) is 0. The first-order chi connectivity index (χ1) is 7.57. The van der Waals surface area contributed by atoms with Crippen molar-refractivity contribution in [1.82, 2.24) is 0 Å². The molecule has 0 spiro atoms. The zero-order valence-electron chi connectivity index (χ0n) is 9.45. The lowest BCUT2D eigenvalue weighted by Gasteiger charge is -2.22. The van der Waals surface area contributed by atoms with Crippen LogP contribution < -0.4 is 0 Å². The Morgan fingerprint density at radius 2 is 1.59 bits per heavy atom. The number of alkyl halides is 5. The van der Waals surface area contributed by atoms with Gasteiger partial charge in [0.05, 0.1) is 5.57 Å². The summed E-state index contributed by atoms with van der Waals surface area (Å²) in [6.45, 7) is 3.84. The quantitative estimate of drug-likeness (QED) is 0.704. The summed E-state index contributed by atoms with van der Waals surface area (Å²) in [7, 11) is 0. The molecule has 0 unspecified atom stereocenters. The summed E-state index contributed by atoms with van der Waals surface area (Å²) in [6.07, 6.45) is -5.64. The summed E-state index contributed by atoms with van der Waals surface area (Å²) in [6, 6.07) is 2.45. The molecule has 1 aromatic rings. The van der Waals surface area contributed by atoms with Gasteiger partial charge in [0.25, 0.3) is 0 Å². The van der Waals surface area contributed by atoms with Crippen LogP contribution in [0.4, 0.5) is 22.0 Å². The van der Waals surface area contributed by atoms with Crippen LogP contribution in [0.2, 0.25) is 0 Å². The minimum Gasteiger partial charge on any atom is -0.462 e. The van der Waals surface area contributed by atoms with Crippen molar-refractivity contribution in [2.75, 3.05) is 0 Å². The van der Waals surface area contributed by atoms with Crippen LogP contribution in [0.1, 0.15) is 25.4 Å². The topological polar surface area (TPSA) is 13.1 Å². The fourth-order valence-corrected chi connectivity index (χ4v) is 1.43. The maximum atomic E-state index is 13.3. The van der Waals surface area contributed by atoms with E-state index in [1.807, 2.05) is 0 Å². The van der Waals surface area contributed by atoms with Crippen molar-refractivity contribution in [1.29, 1.82) is 0 Å². The fraction of sp³-hybridized carbons (Fsp3) is 0.455. The summed E-state index contributed by atoms with van der Waals surface area (Å²) in [4.78, 5) is 0. The third-order valence-corrected chi connectivity index (χ3v) is 2.16. The van der Waals surface area contributed by atoms with Crippen LogP contribution in [-0.2, 0) is 0 Å². The summed E-state index contributed by atoms with van der Waals surface area (Å²) in [5.41, 5.74) is -1.26. The molecule has 0 aliphatic rings. The number of rotatable bonds is 2. The fourth-order valence-electron chi connectivity index (χ4n) is 1.43. The number of halogens is 5. The van der Waals surface area contributed by atoms with E-state index >= 15 is 0 Å². The molecular weight excluding hydrogens is 243 g/mol. The van der Waals surface area contributed by atoms with Crippen LogP contribution in [0.25, 0.3) is 5.57 Å². The van der Waals surface area contributed by atoms with Gasteiger partial charge in [-0.05, 0) is 32.9 Å². The molecule has 6 heteroatoms. The van der Waals surface area contributed by atoms with Crippen LogP contribution >= 0.6 is 0 Å². The molecule has 0 fully saturated rings. The molecule has 0 amide bonds. The smallest absolute Gasteiger partial charge is 0.458 e. The molecule has 1 heterocycles. The van der Waals surface area contributed by atoms with E-state index in [0.29, 0.717) is 0 Å². The Morgan fingerprint density at radius 3 is 1.88 bits per heavy atom. The summed E-state index contributed by atoms with van der Waals surface area (Å²) in [5.74, 6) is -5.10. The van der Waals surface area contributed by atoms with Crippen LogP contribution in [-0.4, -0.2) is 12.1 Å². The van der Waals surface area contributed by atoms with Gasteiger partial charge in [0.1, 0.15) is 11.5 Å². The molecule has 1 rings (SSSR count). The lowest BCUT2D eigenvalue weighted by Crippen LogP contribution is -2.37. The molecule has 0 saturated carbocycles. The van der Waals surface area contributed by atoms with Crippen LogP contribution in [0.3, 0.4) is 0 Å². The highest BCUT2D eigenvalue weighted by Gasteiger charge is 2.61. The molecule has 17 heavy (non-hydrogen) atoms. The summed E-state index contributed by atoms with van der Waals surface area (Å²) < 4.78 is 68.4. The van der Waals surface area contributed by atoms with Gasteiger partial charge in [-0.3, -0.25) is 0 Å². The van der Waals surface area contributed by atoms with E-state index in [0.717, 1.165) is 6.07 Å². The van der Waals surface area contributed by atoms with Gasteiger partial charge in [-0.2, -0.15) is 22.0 Å². The van der Waals surface area contributed by atoms with E-state index in [4.69, 9.17) is 4.42 Å². The first-order valence-electron chi connectivity index (χ1n) is 4.76. The average molecular weight is 254 g/mol. The summed E-state index contributed by atoms with van der Waals surface area (Å²) in [5, 5.41) is 0. The lowest BCUT2D eigenvalue weighted by molar-refractivity contribution is -0.254. The Labute approximate surface area is 94.9 Å². The third kappa shape index (κ3) is 2.50. The maximum absolute atomic E-state index is 13.3. The van der Waals surface area contributed by atoms with Gasteiger partial charge in [-0.25, -0.2) is 0 Å². The van der Waals surface area contributed by atoms with Crippen molar-refractivity contribution in [3.63, 3.8) is 0 Å². The van der Waals surface area contributed by atoms with Crippen LogP contribution in [0, 0.1) is 6.92 Å². The number of furan rings is 1. The number of allylic oxidation sites excluding steroid dienone is 2. The predicted octanol–water partition coefficient (Wildman–Crippen LogP) is 4.58. The summed E-state index contributed by atoms with van der Waals surface area (Å²) >= 11 is 0. The highest BCUT2D eigenvalue weighted by atomic mass is 19.4. The van der Waals surface area contributed by atoms with Gasteiger partial charge >= 0.3 is 12.1 Å². The molecule has 0 N–H and O–H groups in total. The Balaban J connectivity index is 3.36. The minimum absolute atomic E-state index is 0.137.